The molecule has 1 aromatic rings. The van der Waals surface area contributed by atoms with Crippen LogP contribution in [-0.4, -0.2) is 16.6 Å². The van der Waals surface area contributed by atoms with Crippen molar-refractivity contribution in [1.29, 1.82) is 0 Å². The van der Waals surface area contributed by atoms with Gasteiger partial charge in [0, 0.05) is 23.6 Å². The molecule has 7 heteroatoms. The Balaban J connectivity index is 1.66. The van der Waals surface area contributed by atoms with Gasteiger partial charge in [0.25, 0.3) is 5.69 Å². The molecule has 0 radical (unpaired) electrons. The third kappa shape index (κ3) is 6.32. The lowest BCUT2D eigenvalue weighted by molar-refractivity contribution is -0.384. The third-order valence-corrected chi connectivity index (χ3v) is 4.56. The molecule has 0 saturated heterocycles. The summed E-state index contributed by atoms with van der Waals surface area (Å²) in [4.78, 5) is 22.0. The molecule has 0 aromatic heterocycles. The zero-order valence-electron chi connectivity index (χ0n) is 12.9. The van der Waals surface area contributed by atoms with Gasteiger partial charge in [-0.3, -0.25) is 20.3 Å². The van der Waals surface area contributed by atoms with E-state index in [1.165, 1.54) is 36.7 Å². The molecule has 0 heterocycles. The zero-order valence-corrected chi connectivity index (χ0v) is 13.7. The Morgan fingerprint density at radius 1 is 1.22 bits per heavy atom. The molecule has 0 unspecified atom stereocenters. The summed E-state index contributed by atoms with van der Waals surface area (Å²) >= 11 is 1.48. The topological polar surface area (TPSA) is 84.3 Å². The van der Waals surface area contributed by atoms with Gasteiger partial charge in [0.15, 0.2) is 0 Å². The van der Waals surface area contributed by atoms with Crippen LogP contribution in [0.2, 0.25) is 0 Å². The molecule has 0 spiro atoms. The summed E-state index contributed by atoms with van der Waals surface area (Å²) in [5.74, 6) is 0.924. The van der Waals surface area contributed by atoms with Gasteiger partial charge in [0.1, 0.15) is 0 Å². The molecule has 0 atom stereocenters. The number of hydrogen-bond donors (Lipinski definition) is 2. The van der Waals surface area contributed by atoms with Crippen LogP contribution in [-0.2, 0) is 10.5 Å². The van der Waals surface area contributed by atoms with Gasteiger partial charge in [0.2, 0.25) is 5.91 Å². The number of nitrogens with one attached hydrogen (secondary N) is 2. The first-order chi connectivity index (χ1) is 11.1. The van der Waals surface area contributed by atoms with Gasteiger partial charge in [-0.05, 0) is 31.2 Å². The Hall–Kier alpha value is -2.02. The fourth-order valence-electron chi connectivity index (χ4n) is 2.29. The number of hydrazine groups is 1. The lowest BCUT2D eigenvalue weighted by Gasteiger charge is -2.11. The summed E-state index contributed by atoms with van der Waals surface area (Å²) in [6.45, 7) is 0. The van der Waals surface area contributed by atoms with E-state index in [2.05, 4.69) is 16.9 Å². The van der Waals surface area contributed by atoms with Gasteiger partial charge in [-0.15, -0.1) is 11.8 Å². The number of allylic oxidation sites excluding steroid dienone is 2. The second kappa shape index (κ2) is 9.19. The summed E-state index contributed by atoms with van der Waals surface area (Å²) in [7, 11) is 0. The third-order valence-electron chi connectivity index (χ3n) is 3.55. The molecule has 124 valence electrons. The highest BCUT2D eigenvalue weighted by atomic mass is 32.2. The molecule has 2 rings (SSSR count). The maximum absolute atomic E-state index is 11.8. The van der Waals surface area contributed by atoms with Gasteiger partial charge in [-0.2, -0.15) is 0 Å². The molecule has 0 saturated carbocycles. The Morgan fingerprint density at radius 2 is 2.00 bits per heavy atom. The molecular weight excluding hydrogens is 314 g/mol. The number of carbonyl (C=O) groups excluding carboxylic acids is 1. The number of carbonyl (C=O) groups is 1. The molecular formula is C16H21N3O3S. The van der Waals surface area contributed by atoms with Gasteiger partial charge < -0.3 is 5.43 Å². The minimum atomic E-state index is -0.418. The zero-order chi connectivity index (χ0) is 16.5. The largest absolute Gasteiger partial charge is 0.303 e. The first-order valence-electron chi connectivity index (χ1n) is 7.70. The number of nitrogens with zero attached hydrogens (tertiary/aromatic N) is 1. The van der Waals surface area contributed by atoms with Gasteiger partial charge >= 0.3 is 0 Å². The molecule has 0 bridgehead atoms. The van der Waals surface area contributed by atoms with E-state index in [0.717, 1.165) is 30.5 Å². The fourth-order valence-corrected chi connectivity index (χ4v) is 3.08. The summed E-state index contributed by atoms with van der Waals surface area (Å²) in [6, 6.07) is 6.40. The number of hydrogen-bond acceptors (Lipinski definition) is 5. The fraction of sp³-hybridized carbons (Fsp3) is 0.438. The van der Waals surface area contributed by atoms with Gasteiger partial charge in [-0.1, -0.05) is 24.6 Å². The average Bonchev–Trinajstić information content (AvgIpc) is 2.82. The van der Waals surface area contributed by atoms with E-state index < -0.39 is 4.92 Å². The van der Waals surface area contributed by atoms with Crippen LogP contribution in [0.4, 0.5) is 5.69 Å². The van der Waals surface area contributed by atoms with E-state index in [9.17, 15) is 14.9 Å². The van der Waals surface area contributed by atoms with Crippen LogP contribution in [0.15, 0.2) is 36.0 Å². The minimum absolute atomic E-state index is 0.0675. The standard InChI is InChI=1S/C16H21N3O3S/c20-16(18-17-14-5-3-1-2-4-6-14)12-23-11-13-7-9-15(10-8-13)19(21)22/h5,7-10,17H,1-4,6,11-12H2,(H,18,20). The number of rotatable bonds is 7. The summed E-state index contributed by atoms with van der Waals surface area (Å²) in [5.41, 5.74) is 7.87. The molecule has 1 aliphatic rings. The quantitative estimate of drug-likeness (QED) is 0.590. The Bertz CT molecular complexity index is 572. The smallest absolute Gasteiger partial charge is 0.269 e. The van der Waals surface area contributed by atoms with Crippen molar-refractivity contribution in [2.75, 3.05) is 5.75 Å². The van der Waals surface area contributed by atoms with E-state index in [1.807, 2.05) is 0 Å². The highest BCUT2D eigenvalue weighted by Gasteiger charge is 2.07. The molecule has 23 heavy (non-hydrogen) atoms. The summed E-state index contributed by atoms with van der Waals surface area (Å²) < 4.78 is 0. The predicted octanol–water partition coefficient (Wildman–Crippen LogP) is 3.30. The van der Waals surface area contributed by atoms with Crippen LogP contribution < -0.4 is 10.9 Å². The van der Waals surface area contributed by atoms with Crippen molar-refractivity contribution >= 4 is 23.4 Å². The second-order valence-corrected chi connectivity index (χ2v) is 6.40. The Morgan fingerprint density at radius 3 is 2.74 bits per heavy atom. The summed E-state index contributed by atoms with van der Waals surface area (Å²) in [5, 5.41) is 10.6. The van der Waals surface area contributed by atoms with Crippen LogP contribution >= 0.6 is 11.8 Å². The lowest BCUT2D eigenvalue weighted by atomic mass is 10.2. The predicted molar refractivity (Wildman–Crippen MR) is 91.7 cm³/mol. The number of benzene rings is 1. The first kappa shape index (κ1) is 17.3. The van der Waals surface area contributed by atoms with Gasteiger partial charge in [-0.25, -0.2) is 0 Å². The van der Waals surface area contributed by atoms with Crippen LogP contribution in [0.1, 0.15) is 37.7 Å². The van der Waals surface area contributed by atoms with Crippen molar-refractivity contribution in [2.24, 2.45) is 0 Å². The number of nitro benzene ring substituents is 1. The molecule has 2 N–H and O–H groups in total. The number of amides is 1. The van der Waals surface area contributed by atoms with Crippen LogP contribution in [0.25, 0.3) is 0 Å². The van der Waals surface area contributed by atoms with E-state index in [-0.39, 0.29) is 11.6 Å². The van der Waals surface area contributed by atoms with Crippen molar-refractivity contribution in [1.82, 2.24) is 10.9 Å². The van der Waals surface area contributed by atoms with Crippen LogP contribution in [0, 0.1) is 10.1 Å². The SMILES string of the molecule is O=C(CSCc1ccc([N+](=O)[O-])cc1)NNC1=CCCCCC1. The maximum Gasteiger partial charge on any atom is 0.269 e. The lowest BCUT2D eigenvalue weighted by Crippen LogP contribution is -2.37. The number of thioether (sulfide) groups is 1. The number of non-ortho nitro benzene ring substituents is 1. The van der Waals surface area contributed by atoms with Gasteiger partial charge in [0.05, 0.1) is 10.7 Å². The molecule has 0 aliphatic heterocycles. The second-order valence-electron chi connectivity index (χ2n) is 5.42. The first-order valence-corrected chi connectivity index (χ1v) is 8.85. The highest BCUT2D eigenvalue weighted by molar-refractivity contribution is 7.99. The van der Waals surface area contributed by atoms with Crippen LogP contribution in [0.5, 0.6) is 0 Å². The van der Waals surface area contributed by atoms with Crippen LogP contribution in [0.3, 0.4) is 0 Å². The molecule has 1 aromatic carbocycles. The molecule has 6 nitrogen and oxygen atoms in total. The van der Waals surface area contributed by atoms with E-state index in [1.54, 1.807) is 12.1 Å². The average molecular weight is 335 g/mol. The Kier molecular flexibility index (Phi) is 6.93. The van der Waals surface area contributed by atoms with Crippen molar-refractivity contribution in [3.63, 3.8) is 0 Å². The summed E-state index contributed by atoms with van der Waals surface area (Å²) in [6.07, 6.45) is 7.80. The number of nitro groups is 1. The van der Waals surface area contributed by atoms with Crippen molar-refractivity contribution in [3.8, 4) is 0 Å². The van der Waals surface area contributed by atoms with Crippen molar-refractivity contribution < 1.29 is 9.72 Å². The molecule has 1 aliphatic carbocycles. The maximum atomic E-state index is 11.8. The highest BCUT2D eigenvalue weighted by Crippen LogP contribution is 2.17. The Labute approximate surface area is 139 Å². The van der Waals surface area contributed by atoms with E-state index in [0.29, 0.717) is 11.5 Å². The van der Waals surface area contributed by atoms with Crippen molar-refractivity contribution in [3.05, 3.63) is 51.7 Å². The molecule has 1 amide bonds. The normalized spacial score (nSPS) is 14.5. The van der Waals surface area contributed by atoms with E-state index >= 15 is 0 Å². The minimum Gasteiger partial charge on any atom is -0.303 e. The van der Waals surface area contributed by atoms with E-state index in [4.69, 9.17) is 0 Å². The molecule has 0 fully saturated rings. The van der Waals surface area contributed by atoms with Crippen molar-refractivity contribution in [2.45, 2.75) is 37.9 Å². The monoisotopic (exact) mass is 335 g/mol.